The van der Waals surface area contributed by atoms with E-state index in [1.54, 1.807) is 92.6 Å². The zero-order valence-electron chi connectivity index (χ0n) is 28.7. The maximum atomic E-state index is 14.0. The first-order valence-electron chi connectivity index (χ1n) is 14.7. The summed E-state index contributed by atoms with van der Waals surface area (Å²) in [5, 5.41) is 0. The number of esters is 2. The van der Waals surface area contributed by atoms with Crippen molar-refractivity contribution >= 4 is 30.2 Å². The van der Waals surface area contributed by atoms with E-state index in [2.05, 4.69) is 0 Å². The summed E-state index contributed by atoms with van der Waals surface area (Å²) >= 11 is 0. The van der Waals surface area contributed by atoms with Gasteiger partial charge in [0, 0.05) is 13.5 Å². The van der Waals surface area contributed by atoms with Crippen LogP contribution >= 0.6 is 0 Å². The van der Waals surface area contributed by atoms with Crippen molar-refractivity contribution in [2.24, 2.45) is 0 Å². The molecule has 0 N–H and O–H groups in total. The van der Waals surface area contributed by atoms with Crippen LogP contribution in [0.4, 0.5) is 14.4 Å². The number of nitrogens with zero attached hydrogens (tertiary/aromatic N) is 2. The average molecular weight is 639 g/mol. The predicted molar refractivity (Wildman–Crippen MR) is 164 cm³/mol. The molecule has 0 aliphatic rings. The van der Waals surface area contributed by atoms with Crippen molar-refractivity contribution in [1.82, 2.24) is 9.80 Å². The van der Waals surface area contributed by atoms with E-state index >= 15 is 0 Å². The van der Waals surface area contributed by atoms with Crippen LogP contribution in [0.5, 0.6) is 0 Å². The normalized spacial score (nSPS) is 13.9. The minimum Gasteiger partial charge on any atom is -0.464 e. The first-order valence-corrected chi connectivity index (χ1v) is 14.7. The molecule has 1 aromatic rings. The second kappa shape index (κ2) is 15.9. The van der Waals surface area contributed by atoms with Gasteiger partial charge in [-0.25, -0.2) is 24.0 Å². The quantitative estimate of drug-likeness (QED) is 0.164. The van der Waals surface area contributed by atoms with Gasteiger partial charge in [-0.3, -0.25) is 4.90 Å². The van der Waals surface area contributed by atoms with Gasteiger partial charge in [0.15, 0.2) is 0 Å². The molecular weight excluding hydrogens is 588 g/mol. The van der Waals surface area contributed by atoms with E-state index in [4.69, 9.17) is 28.4 Å². The van der Waals surface area contributed by atoms with Crippen LogP contribution in [-0.4, -0.2) is 88.8 Å². The van der Waals surface area contributed by atoms with Crippen LogP contribution in [0.25, 0.3) is 0 Å². The Morgan fingerprint density at radius 1 is 0.711 bits per heavy atom. The van der Waals surface area contributed by atoms with E-state index in [0.717, 1.165) is 4.90 Å². The Hall–Kier alpha value is -3.87. The van der Waals surface area contributed by atoms with E-state index < -0.39 is 71.8 Å². The zero-order chi connectivity index (χ0) is 34.8. The number of carbonyl (C=O) groups excluding carboxylic acids is 5. The molecule has 1 rings (SSSR count). The first-order chi connectivity index (χ1) is 20.5. The lowest BCUT2D eigenvalue weighted by atomic mass is 9.90. The fourth-order valence-electron chi connectivity index (χ4n) is 3.87. The van der Waals surface area contributed by atoms with Gasteiger partial charge in [0.2, 0.25) is 0 Å². The predicted octanol–water partition coefficient (Wildman–Crippen LogP) is 5.82. The minimum absolute atomic E-state index is 0.130. The molecule has 45 heavy (non-hydrogen) atoms. The lowest BCUT2D eigenvalue weighted by Crippen LogP contribution is -2.62. The summed E-state index contributed by atoms with van der Waals surface area (Å²) in [5.41, 5.74) is -4.60. The Labute approximate surface area is 266 Å². The second-order valence-electron chi connectivity index (χ2n) is 13.5. The standard InChI is InChI=1S/C32H50N2O11/c1-13-41-24(35)23(34(27(38)44-30(5,6)7)28(39)45-31(8,9)10)19-32(11,25(36)42-20-22-17-15-14-16-18-22)33(21-40-12)26(37)43-29(2,3)4/h14-18,23H,13,19-21H2,1-12H3/t23?,32-/m1/s1. The molecule has 254 valence electrons. The SMILES string of the molecule is CCOC(=O)C(C[C@](C)(C(=O)OCc1ccccc1)N(COC)C(=O)OC(C)(C)C)N(C(=O)OC(C)(C)C)C(=O)OC(C)(C)C. The molecule has 0 saturated heterocycles. The van der Waals surface area contributed by atoms with E-state index in [1.807, 2.05) is 0 Å². The van der Waals surface area contributed by atoms with Gasteiger partial charge in [-0.15, -0.1) is 0 Å². The number of imide groups is 1. The third kappa shape index (κ3) is 12.9. The molecule has 0 aliphatic heterocycles. The topological polar surface area (TPSA) is 147 Å². The summed E-state index contributed by atoms with van der Waals surface area (Å²) in [4.78, 5) is 69.7. The number of rotatable bonds is 11. The van der Waals surface area contributed by atoms with Crippen LogP contribution in [0.2, 0.25) is 0 Å². The van der Waals surface area contributed by atoms with Gasteiger partial charge in [0.05, 0.1) is 6.61 Å². The Morgan fingerprint density at radius 3 is 1.60 bits per heavy atom. The minimum atomic E-state index is -2.08. The number of hydrogen-bond acceptors (Lipinski definition) is 11. The van der Waals surface area contributed by atoms with E-state index in [0.29, 0.717) is 10.5 Å². The molecule has 0 aliphatic carbocycles. The van der Waals surface area contributed by atoms with Gasteiger partial charge in [-0.05, 0) is 81.7 Å². The third-order valence-corrected chi connectivity index (χ3v) is 5.76. The molecule has 2 atom stereocenters. The fourth-order valence-corrected chi connectivity index (χ4v) is 3.87. The van der Waals surface area contributed by atoms with Gasteiger partial charge in [0.1, 0.15) is 41.7 Å². The molecule has 0 aromatic heterocycles. The molecule has 0 bridgehead atoms. The molecule has 0 saturated carbocycles. The van der Waals surface area contributed by atoms with Crippen LogP contribution < -0.4 is 0 Å². The number of hydrogen-bond donors (Lipinski definition) is 0. The third-order valence-electron chi connectivity index (χ3n) is 5.76. The number of carbonyl (C=O) groups is 5. The molecule has 0 spiro atoms. The highest BCUT2D eigenvalue weighted by molar-refractivity contribution is 5.95. The number of benzene rings is 1. The smallest absolute Gasteiger partial charge is 0.420 e. The Bertz CT molecular complexity index is 1140. The summed E-state index contributed by atoms with van der Waals surface area (Å²) in [6.45, 7) is 16.4. The van der Waals surface area contributed by atoms with Crippen molar-refractivity contribution in [3.05, 3.63) is 35.9 Å². The van der Waals surface area contributed by atoms with Crippen LogP contribution in [-0.2, 0) is 44.6 Å². The highest BCUT2D eigenvalue weighted by Crippen LogP contribution is 2.31. The van der Waals surface area contributed by atoms with Gasteiger partial charge < -0.3 is 28.4 Å². The van der Waals surface area contributed by atoms with Crippen LogP contribution in [0, 0.1) is 0 Å². The van der Waals surface area contributed by atoms with Crippen molar-refractivity contribution in [3.8, 4) is 0 Å². The van der Waals surface area contributed by atoms with Crippen molar-refractivity contribution < 1.29 is 52.4 Å². The Balaban J connectivity index is 3.88. The monoisotopic (exact) mass is 638 g/mol. The number of methoxy groups -OCH3 is 1. The van der Waals surface area contributed by atoms with E-state index in [9.17, 15) is 24.0 Å². The Morgan fingerprint density at radius 2 is 1.18 bits per heavy atom. The molecule has 13 heteroatoms. The van der Waals surface area contributed by atoms with Crippen molar-refractivity contribution in [2.45, 2.75) is 118 Å². The van der Waals surface area contributed by atoms with Crippen LogP contribution in [0.3, 0.4) is 0 Å². The van der Waals surface area contributed by atoms with Gasteiger partial charge in [-0.1, -0.05) is 30.3 Å². The summed E-state index contributed by atoms with van der Waals surface area (Å²) in [7, 11) is 1.30. The summed E-state index contributed by atoms with van der Waals surface area (Å²) in [5.74, 6) is -2.03. The van der Waals surface area contributed by atoms with E-state index in [-0.39, 0.29) is 13.2 Å². The van der Waals surface area contributed by atoms with Gasteiger partial charge in [0.25, 0.3) is 0 Å². The molecule has 1 unspecified atom stereocenters. The summed E-state index contributed by atoms with van der Waals surface area (Å²) < 4.78 is 32.7. The van der Waals surface area contributed by atoms with Crippen LogP contribution in [0.1, 0.15) is 88.1 Å². The lowest BCUT2D eigenvalue weighted by molar-refractivity contribution is -0.166. The zero-order valence-corrected chi connectivity index (χ0v) is 28.7. The van der Waals surface area contributed by atoms with E-state index in [1.165, 1.54) is 21.0 Å². The molecular formula is C32H50N2O11. The first kappa shape index (κ1) is 39.2. The van der Waals surface area contributed by atoms with Crippen molar-refractivity contribution in [3.63, 3.8) is 0 Å². The highest BCUT2D eigenvalue weighted by Gasteiger charge is 2.52. The molecule has 0 radical (unpaired) electrons. The second-order valence-corrected chi connectivity index (χ2v) is 13.5. The van der Waals surface area contributed by atoms with Crippen molar-refractivity contribution in [1.29, 1.82) is 0 Å². The fraction of sp³-hybridized carbons (Fsp3) is 0.656. The summed E-state index contributed by atoms with van der Waals surface area (Å²) in [6.07, 6.45) is -4.14. The average Bonchev–Trinajstić information content (AvgIpc) is 2.87. The molecule has 0 fully saturated rings. The number of amides is 3. The van der Waals surface area contributed by atoms with Gasteiger partial charge >= 0.3 is 30.2 Å². The highest BCUT2D eigenvalue weighted by atomic mass is 16.6. The van der Waals surface area contributed by atoms with Crippen LogP contribution in [0.15, 0.2) is 30.3 Å². The Kier molecular flexibility index (Phi) is 13.9. The maximum Gasteiger partial charge on any atom is 0.420 e. The van der Waals surface area contributed by atoms with Gasteiger partial charge in [-0.2, -0.15) is 4.90 Å². The molecule has 1 aromatic carbocycles. The molecule has 0 heterocycles. The molecule has 3 amide bonds. The largest absolute Gasteiger partial charge is 0.464 e. The number of ether oxygens (including phenoxy) is 6. The summed E-state index contributed by atoms with van der Waals surface area (Å²) in [6, 6.07) is 6.96. The lowest BCUT2D eigenvalue weighted by Gasteiger charge is -2.42. The van der Waals surface area contributed by atoms with Crippen molar-refractivity contribution in [2.75, 3.05) is 20.4 Å². The maximum absolute atomic E-state index is 14.0. The molecule has 13 nitrogen and oxygen atoms in total.